The Morgan fingerprint density at radius 3 is 2.71 bits per heavy atom. The maximum atomic E-state index is 12.9. The number of hydrogen-bond acceptors (Lipinski definition) is 9. The van der Waals surface area contributed by atoms with E-state index in [4.69, 9.17) is 11.0 Å². The highest BCUT2D eigenvalue weighted by Crippen LogP contribution is 2.29. The Morgan fingerprint density at radius 1 is 1.26 bits per heavy atom. The number of likely N-dealkylation sites (N-methyl/N-ethyl adjacent to an activating group) is 1. The normalized spacial score (nSPS) is 17.0. The number of aliphatic carboxylic acids is 1. The number of nitriles is 1. The zero-order valence-corrected chi connectivity index (χ0v) is 24.8. The van der Waals surface area contributed by atoms with Gasteiger partial charge in [0.25, 0.3) is 0 Å². The van der Waals surface area contributed by atoms with Gasteiger partial charge in [-0.05, 0) is 50.6 Å². The SMILES string of the molecule is C[C@@H]1CCN(C(=O)CC#N)C[C@@H]1N(C)c1ncnc2c1ccn2C(=O)NCCCC(=O)NC(CCCCN)C(=O)O.Cl. The first-order chi connectivity index (χ1) is 19.7. The van der Waals surface area contributed by atoms with Crippen LogP contribution in [-0.2, 0) is 14.4 Å². The third-order valence-corrected chi connectivity index (χ3v) is 7.45. The van der Waals surface area contributed by atoms with Crippen LogP contribution in [0.2, 0.25) is 0 Å². The molecule has 3 heterocycles. The highest BCUT2D eigenvalue weighted by Gasteiger charge is 2.33. The Kier molecular flexibility index (Phi) is 13.4. The Bertz CT molecular complexity index is 1280. The van der Waals surface area contributed by atoms with Gasteiger partial charge in [0.15, 0.2) is 5.65 Å². The molecular formula is C27H40ClN9O5. The monoisotopic (exact) mass is 605 g/mol. The van der Waals surface area contributed by atoms with Crippen LogP contribution in [0.4, 0.5) is 10.6 Å². The standard InChI is InChI=1S/C27H39N9O5.ClH/c1-18-9-14-35(23(38)8-12-29)16-21(18)34(2)24-19-10-15-36(25(19)32-17-31-24)27(41)30-13-5-7-22(37)33-20(26(39)40)6-3-4-11-28;/h10,15,17-18,20-21H,3-9,11,13-14,16,28H2,1-2H3,(H,30,41)(H,33,37)(H,39,40);1H/t18-,20?,21+;/m1./s1. The molecule has 1 aliphatic heterocycles. The van der Waals surface area contributed by atoms with E-state index in [-0.39, 0.29) is 49.7 Å². The summed E-state index contributed by atoms with van der Waals surface area (Å²) < 4.78 is 1.37. The fraction of sp³-hybridized carbons (Fsp3) is 0.593. The van der Waals surface area contributed by atoms with Crippen molar-refractivity contribution in [3.05, 3.63) is 18.6 Å². The number of anilines is 1. The molecule has 1 saturated heterocycles. The number of hydrogen-bond donors (Lipinski definition) is 4. The van der Waals surface area contributed by atoms with Crippen molar-refractivity contribution in [2.45, 2.75) is 64.0 Å². The molecule has 15 heteroatoms. The fourth-order valence-electron chi connectivity index (χ4n) is 5.05. The van der Waals surface area contributed by atoms with Gasteiger partial charge in [0, 0.05) is 39.3 Å². The number of carboxylic acids is 1. The number of amides is 3. The smallest absolute Gasteiger partial charge is 0.327 e. The minimum atomic E-state index is -1.09. The third kappa shape index (κ3) is 8.77. The minimum Gasteiger partial charge on any atom is -0.480 e. The Labute approximate surface area is 251 Å². The van der Waals surface area contributed by atoms with E-state index in [2.05, 4.69) is 27.5 Å². The molecule has 3 atom stereocenters. The molecule has 0 radical (unpaired) electrons. The number of carbonyl (C=O) groups is 4. The number of unbranched alkanes of at least 4 members (excludes halogenated alkanes) is 1. The second-order valence-electron chi connectivity index (χ2n) is 10.3. The highest BCUT2D eigenvalue weighted by atomic mass is 35.5. The minimum absolute atomic E-state index is 0. The van der Waals surface area contributed by atoms with Crippen LogP contribution in [0.25, 0.3) is 11.0 Å². The molecule has 1 aliphatic rings. The molecule has 0 spiro atoms. The molecule has 2 aromatic heterocycles. The molecule has 0 saturated carbocycles. The first-order valence-electron chi connectivity index (χ1n) is 13.9. The number of likely N-dealkylation sites (tertiary alicyclic amines) is 1. The van der Waals surface area contributed by atoms with Crippen LogP contribution in [0.1, 0.15) is 51.9 Å². The van der Waals surface area contributed by atoms with Crippen LogP contribution < -0.4 is 21.3 Å². The molecule has 230 valence electrons. The van der Waals surface area contributed by atoms with Crippen LogP contribution in [0.3, 0.4) is 0 Å². The van der Waals surface area contributed by atoms with Gasteiger partial charge in [-0.3, -0.25) is 14.2 Å². The van der Waals surface area contributed by atoms with Crippen LogP contribution in [0, 0.1) is 17.2 Å². The average molecular weight is 606 g/mol. The van der Waals surface area contributed by atoms with Crippen molar-refractivity contribution in [3.8, 4) is 6.07 Å². The zero-order chi connectivity index (χ0) is 29.9. The number of rotatable bonds is 13. The van der Waals surface area contributed by atoms with Crippen molar-refractivity contribution in [1.29, 1.82) is 5.26 Å². The number of carboxylic acid groups (broad SMARTS) is 1. The van der Waals surface area contributed by atoms with E-state index in [0.717, 1.165) is 6.42 Å². The Hall–Kier alpha value is -3.96. The number of piperidine rings is 1. The van der Waals surface area contributed by atoms with Gasteiger partial charge >= 0.3 is 12.0 Å². The van der Waals surface area contributed by atoms with Gasteiger partial charge in [-0.1, -0.05) is 6.92 Å². The summed E-state index contributed by atoms with van der Waals surface area (Å²) in [5.74, 6) is -0.760. The summed E-state index contributed by atoms with van der Waals surface area (Å²) in [4.78, 5) is 61.3. The number of carbonyl (C=O) groups excluding carboxylic acids is 3. The van der Waals surface area contributed by atoms with E-state index in [1.807, 2.05) is 18.0 Å². The third-order valence-electron chi connectivity index (χ3n) is 7.45. The van der Waals surface area contributed by atoms with Gasteiger partial charge in [0.1, 0.15) is 24.6 Å². The second-order valence-corrected chi connectivity index (χ2v) is 10.3. The van der Waals surface area contributed by atoms with E-state index in [0.29, 0.717) is 62.2 Å². The summed E-state index contributed by atoms with van der Waals surface area (Å²) in [5.41, 5.74) is 5.86. The Balaban J connectivity index is 0.00000616. The summed E-state index contributed by atoms with van der Waals surface area (Å²) in [5, 5.41) is 24.2. The predicted octanol–water partition coefficient (Wildman–Crippen LogP) is 1.48. The number of halogens is 1. The number of nitrogens with one attached hydrogen (secondary N) is 2. The largest absolute Gasteiger partial charge is 0.480 e. The van der Waals surface area contributed by atoms with Gasteiger partial charge in [0.05, 0.1) is 17.5 Å². The van der Waals surface area contributed by atoms with Crippen molar-refractivity contribution in [1.82, 2.24) is 30.1 Å². The van der Waals surface area contributed by atoms with Crippen molar-refractivity contribution in [2.24, 2.45) is 11.7 Å². The molecule has 5 N–H and O–H groups in total. The number of fused-ring (bicyclic) bond motifs is 1. The van der Waals surface area contributed by atoms with E-state index >= 15 is 0 Å². The number of aromatic nitrogens is 3. The summed E-state index contributed by atoms with van der Waals surface area (Å²) in [6.07, 6.45) is 5.64. The van der Waals surface area contributed by atoms with Gasteiger partial charge < -0.3 is 31.3 Å². The lowest BCUT2D eigenvalue weighted by atomic mass is 9.92. The molecule has 42 heavy (non-hydrogen) atoms. The highest BCUT2D eigenvalue weighted by molar-refractivity contribution is 5.95. The topological polar surface area (TPSA) is 200 Å². The average Bonchev–Trinajstić information content (AvgIpc) is 3.39. The number of nitrogens with two attached hydrogens (primary N) is 1. The maximum absolute atomic E-state index is 12.9. The van der Waals surface area contributed by atoms with Crippen molar-refractivity contribution >= 4 is 53.1 Å². The van der Waals surface area contributed by atoms with Crippen LogP contribution in [-0.4, -0.2) is 93.7 Å². The lowest BCUT2D eigenvalue weighted by molar-refractivity contribution is -0.142. The van der Waals surface area contributed by atoms with E-state index in [9.17, 15) is 24.3 Å². The van der Waals surface area contributed by atoms with Crippen molar-refractivity contribution < 1.29 is 24.3 Å². The molecule has 1 fully saturated rings. The first kappa shape index (κ1) is 34.2. The second kappa shape index (κ2) is 16.5. The quantitative estimate of drug-likeness (QED) is 0.242. The number of nitrogens with zero attached hydrogens (tertiary/aromatic N) is 6. The molecule has 1 unspecified atom stereocenters. The Morgan fingerprint density at radius 2 is 2.02 bits per heavy atom. The van der Waals surface area contributed by atoms with E-state index < -0.39 is 23.9 Å². The molecule has 3 rings (SSSR count). The lowest BCUT2D eigenvalue weighted by Gasteiger charge is -2.42. The summed E-state index contributed by atoms with van der Waals surface area (Å²) >= 11 is 0. The van der Waals surface area contributed by atoms with Gasteiger partial charge in [-0.15, -0.1) is 12.4 Å². The van der Waals surface area contributed by atoms with Crippen LogP contribution in [0.5, 0.6) is 0 Å². The van der Waals surface area contributed by atoms with Crippen molar-refractivity contribution in [2.75, 3.05) is 38.1 Å². The zero-order valence-electron chi connectivity index (χ0n) is 24.0. The van der Waals surface area contributed by atoms with Gasteiger partial charge in [-0.2, -0.15) is 5.26 Å². The maximum Gasteiger partial charge on any atom is 0.327 e. The molecule has 0 bridgehead atoms. The lowest BCUT2D eigenvalue weighted by Crippen LogP contribution is -2.52. The van der Waals surface area contributed by atoms with Crippen molar-refractivity contribution in [3.63, 3.8) is 0 Å². The van der Waals surface area contributed by atoms with Gasteiger partial charge in [0.2, 0.25) is 11.8 Å². The molecule has 0 aromatic carbocycles. The van der Waals surface area contributed by atoms with E-state index in [1.165, 1.54) is 10.9 Å². The molecule has 3 amide bonds. The molecule has 0 aliphatic carbocycles. The molecule has 2 aromatic rings. The van der Waals surface area contributed by atoms with Crippen LogP contribution in [0.15, 0.2) is 18.6 Å². The fourth-order valence-corrected chi connectivity index (χ4v) is 5.05. The van der Waals surface area contributed by atoms with E-state index in [1.54, 1.807) is 17.2 Å². The summed E-state index contributed by atoms with van der Waals surface area (Å²) in [6.45, 7) is 3.87. The summed E-state index contributed by atoms with van der Waals surface area (Å²) in [7, 11) is 1.90. The molecular weight excluding hydrogens is 566 g/mol. The predicted molar refractivity (Wildman–Crippen MR) is 158 cm³/mol. The summed E-state index contributed by atoms with van der Waals surface area (Å²) in [6, 6.07) is 2.27. The van der Waals surface area contributed by atoms with Crippen LogP contribution >= 0.6 is 12.4 Å². The first-order valence-corrected chi connectivity index (χ1v) is 13.9. The van der Waals surface area contributed by atoms with Gasteiger partial charge in [-0.25, -0.2) is 19.6 Å². The molecule has 14 nitrogen and oxygen atoms in total.